The average Bonchev–Trinajstić information content (AvgIpc) is 2.05. The van der Waals surface area contributed by atoms with Crippen LogP contribution in [0.25, 0.3) is 0 Å². The Hall–Kier alpha value is -0.590. The van der Waals surface area contributed by atoms with E-state index in [4.69, 9.17) is 0 Å². The van der Waals surface area contributed by atoms with E-state index in [1.807, 2.05) is 6.92 Å². The molecule has 0 aromatic carbocycles. The predicted octanol–water partition coefficient (Wildman–Crippen LogP) is 2.57. The highest BCUT2D eigenvalue weighted by molar-refractivity contribution is 5.58. The molecule has 0 unspecified atom stereocenters. The van der Waals surface area contributed by atoms with Crippen LogP contribution in [0.5, 0.6) is 0 Å². The van der Waals surface area contributed by atoms with Crippen LogP contribution in [0, 0.1) is 11.8 Å². The van der Waals surface area contributed by atoms with E-state index in [0.717, 1.165) is 25.0 Å². The molecule has 1 rings (SSSR count). The molecule has 0 bridgehead atoms. The molecule has 2 atom stereocenters. The van der Waals surface area contributed by atoms with Crippen molar-refractivity contribution in [1.82, 2.24) is 0 Å². The smallest absolute Gasteiger partial charge is 0.126 e. The van der Waals surface area contributed by atoms with E-state index in [9.17, 15) is 4.79 Å². The fourth-order valence-electron chi connectivity index (χ4n) is 1.49. The van der Waals surface area contributed by atoms with Crippen LogP contribution >= 0.6 is 0 Å². The van der Waals surface area contributed by atoms with Crippen molar-refractivity contribution in [2.24, 2.45) is 11.8 Å². The van der Waals surface area contributed by atoms with Gasteiger partial charge in [-0.15, -0.1) is 0 Å². The molecular weight excluding hydrogens is 136 g/mol. The van der Waals surface area contributed by atoms with Gasteiger partial charge in [0.2, 0.25) is 0 Å². The van der Waals surface area contributed by atoms with Crippen molar-refractivity contribution in [3.05, 3.63) is 11.6 Å². The Balaban J connectivity index is 2.53. The number of allylic oxidation sites excluding steroid dienone is 2. The standard InChI is InChI=1S/C10H16O/c1-8-3-5-10(6-4-8)9(2)7-11/h5,7-9H,3-4,6H2,1-2H3/t8-,9+/m0/s1. The summed E-state index contributed by atoms with van der Waals surface area (Å²) in [6, 6.07) is 0. The van der Waals surface area contributed by atoms with E-state index >= 15 is 0 Å². The molecule has 1 heteroatoms. The van der Waals surface area contributed by atoms with Crippen molar-refractivity contribution >= 4 is 6.29 Å². The molecule has 0 aromatic rings. The number of hydrogen-bond acceptors (Lipinski definition) is 1. The Labute approximate surface area is 68.5 Å². The Morgan fingerprint density at radius 3 is 2.91 bits per heavy atom. The molecule has 0 radical (unpaired) electrons. The van der Waals surface area contributed by atoms with E-state index in [-0.39, 0.29) is 5.92 Å². The van der Waals surface area contributed by atoms with Crippen LogP contribution in [0.4, 0.5) is 0 Å². The Kier molecular flexibility index (Phi) is 2.86. The normalized spacial score (nSPS) is 27.5. The summed E-state index contributed by atoms with van der Waals surface area (Å²) in [5, 5.41) is 0. The molecule has 1 aliphatic carbocycles. The minimum Gasteiger partial charge on any atom is -0.303 e. The molecule has 0 heterocycles. The third-order valence-corrected chi connectivity index (χ3v) is 2.50. The fraction of sp³-hybridized carbons (Fsp3) is 0.700. The highest BCUT2D eigenvalue weighted by atomic mass is 16.1. The van der Waals surface area contributed by atoms with Crippen molar-refractivity contribution in [2.75, 3.05) is 0 Å². The Morgan fingerprint density at radius 2 is 2.45 bits per heavy atom. The summed E-state index contributed by atoms with van der Waals surface area (Å²) in [7, 11) is 0. The van der Waals surface area contributed by atoms with Crippen LogP contribution in [0.3, 0.4) is 0 Å². The lowest BCUT2D eigenvalue weighted by atomic mass is 9.86. The topological polar surface area (TPSA) is 17.1 Å². The largest absolute Gasteiger partial charge is 0.303 e. The Morgan fingerprint density at radius 1 is 1.73 bits per heavy atom. The van der Waals surface area contributed by atoms with Gasteiger partial charge in [-0.3, -0.25) is 0 Å². The van der Waals surface area contributed by atoms with Crippen LogP contribution in [0.15, 0.2) is 11.6 Å². The van der Waals surface area contributed by atoms with Crippen LogP contribution in [-0.4, -0.2) is 6.29 Å². The first-order chi connectivity index (χ1) is 5.24. The maximum Gasteiger partial charge on any atom is 0.126 e. The molecule has 0 spiro atoms. The fourth-order valence-corrected chi connectivity index (χ4v) is 1.49. The van der Waals surface area contributed by atoms with E-state index in [1.54, 1.807) is 0 Å². The first-order valence-corrected chi connectivity index (χ1v) is 4.38. The van der Waals surface area contributed by atoms with Gasteiger partial charge >= 0.3 is 0 Å². The van der Waals surface area contributed by atoms with Crippen molar-refractivity contribution in [1.29, 1.82) is 0 Å². The van der Waals surface area contributed by atoms with Gasteiger partial charge in [-0.1, -0.05) is 25.5 Å². The van der Waals surface area contributed by atoms with Gasteiger partial charge < -0.3 is 4.79 Å². The predicted molar refractivity (Wildman–Crippen MR) is 46.3 cm³/mol. The molecule has 62 valence electrons. The van der Waals surface area contributed by atoms with Crippen molar-refractivity contribution in [2.45, 2.75) is 33.1 Å². The number of hydrogen-bond donors (Lipinski definition) is 0. The molecule has 1 aliphatic rings. The van der Waals surface area contributed by atoms with Crippen LogP contribution in [-0.2, 0) is 4.79 Å². The summed E-state index contributed by atoms with van der Waals surface area (Å²) in [6.07, 6.45) is 6.83. The van der Waals surface area contributed by atoms with E-state index in [0.29, 0.717) is 0 Å². The molecule has 11 heavy (non-hydrogen) atoms. The van der Waals surface area contributed by atoms with Gasteiger partial charge in [-0.25, -0.2) is 0 Å². The molecule has 0 saturated carbocycles. The van der Waals surface area contributed by atoms with Gasteiger partial charge in [0.1, 0.15) is 6.29 Å². The first kappa shape index (κ1) is 8.51. The minimum absolute atomic E-state index is 0.155. The monoisotopic (exact) mass is 152 g/mol. The van der Waals surface area contributed by atoms with Gasteiger partial charge in [0.05, 0.1) is 0 Å². The van der Waals surface area contributed by atoms with E-state index in [1.165, 1.54) is 12.0 Å². The highest BCUT2D eigenvalue weighted by Crippen LogP contribution is 2.26. The van der Waals surface area contributed by atoms with Gasteiger partial charge in [-0.2, -0.15) is 0 Å². The molecule has 1 nitrogen and oxygen atoms in total. The lowest BCUT2D eigenvalue weighted by Crippen LogP contribution is -2.08. The third-order valence-electron chi connectivity index (χ3n) is 2.50. The molecule has 0 aromatic heterocycles. The van der Waals surface area contributed by atoms with Crippen molar-refractivity contribution in [3.63, 3.8) is 0 Å². The second-order valence-electron chi connectivity index (χ2n) is 3.58. The molecule has 0 N–H and O–H groups in total. The first-order valence-electron chi connectivity index (χ1n) is 4.38. The highest BCUT2D eigenvalue weighted by Gasteiger charge is 2.13. The van der Waals surface area contributed by atoms with Crippen molar-refractivity contribution in [3.8, 4) is 0 Å². The quantitative estimate of drug-likeness (QED) is 0.439. The van der Waals surface area contributed by atoms with Gasteiger partial charge in [0.25, 0.3) is 0 Å². The number of rotatable bonds is 2. The van der Waals surface area contributed by atoms with Crippen LogP contribution in [0.2, 0.25) is 0 Å². The lowest BCUT2D eigenvalue weighted by Gasteiger charge is -2.19. The van der Waals surface area contributed by atoms with Crippen LogP contribution in [0.1, 0.15) is 33.1 Å². The average molecular weight is 152 g/mol. The summed E-state index contributed by atoms with van der Waals surface area (Å²) < 4.78 is 0. The van der Waals surface area contributed by atoms with Gasteiger partial charge in [0.15, 0.2) is 0 Å². The van der Waals surface area contributed by atoms with E-state index < -0.39 is 0 Å². The number of carbonyl (C=O) groups excluding carboxylic acids is 1. The Bertz CT molecular complexity index is 170. The zero-order chi connectivity index (χ0) is 8.27. The second-order valence-corrected chi connectivity index (χ2v) is 3.58. The van der Waals surface area contributed by atoms with Crippen LogP contribution < -0.4 is 0 Å². The third kappa shape index (κ3) is 2.18. The summed E-state index contributed by atoms with van der Waals surface area (Å²) in [4.78, 5) is 10.4. The summed E-state index contributed by atoms with van der Waals surface area (Å²) in [5.41, 5.74) is 1.35. The molecular formula is C10H16O. The lowest BCUT2D eigenvalue weighted by molar-refractivity contribution is -0.109. The van der Waals surface area contributed by atoms with Gasteiger partial charge in [-0.05, 0) is 25.2 Å². The summed E-state index contributed by atoms with van der Waals surface area (Å²) in [6.45, 7) is 4.24. The maximum atomic E-state index is 10.4. The zero-order valence-corrected chi connectivity index (χ0v) is 7.34. The molecule has 0 fully saturated rings. The van der Waals surface area contributed by atoms with Gasteiger partial charge in [0, 0.05) is 5.92 Å². The minimum atomic E-state index is 0.155. The summed E-state index contributed by atoms with van der Waals surface area (Å²) >= 11 is 0. The number of carbonyl (C=O) groups is 1. The molecule has 0 amide bonds. The summed E-state index contributed by atoms with van der Waals surface area (Å²) in [5.74, 6) is 0.972. The molecule has 0 aliphatic heterocycles. The number of aldehydes is 1. The van der Waals surface area contributed by atoms with E-state index in [2.05, 4.69) is 13.0 Å². The SMILES string of the molecule is C[C@H]1CC=C([C@H](C)C=O)CC1. The van der Waals surface area contributed by atoms with Crippen molar-refractivity contribution < 1.29 is 4.79 Å². The molecule has 0 saturated heterocycles. The maximum absolute atomic E-state index is 10.4. The zero-order valence-electron chi connectivity index (χ0n) is 7.34. The second kappa shape index (κ2) is 3.70.